The highest BCUT2D eigenvalue weighted by molar-refractivity contribution is 6.02. The van der Waals surface area contributed by atoms with Crippen LogP contribution in [-0.4, -0.2) is 16.4 Å². The van der Waals surface area contributed by atoms with Crippen molar-refractivity contribution in [1.82, 2.24) is 4.57 Å². The summed E-state index contributed by atoms with van der Waals surface area (Å²) in [6, 6.07) is 14.8. The lowest BCUT2D eigenvalue weighted by Crippen LogP contribution is -2.16. The van der Waals surface area contributed by atoms with Crippen LogP contribution in [0.15, 0.2) is 60.7 Å². The third-order valence-corrected chi connectivity index (χ3v) is 4.80. The molecule has 0 saturated carbocycles. The van der Waals surface area contributed by atoms with Crippen molar-refractivity contribution in [1.29, 1.82) is 0 Å². The maximum atomic E-state index is 13.4. The third-order valence-electron chi connectivity index (χ3n) is 4.80. The number of para-hydroxylation sites is 1. The molecule has 0 aliphatic carbocycles. The predicted octanol–water partition coefficient (Wildman–Crippen LogP) is 5.72. The molecule has 0 saturated heterocycles. The number of rotatable bonds is 5. The molecule has 0 spiro atoms. The molecule has 0 bridgehead atoms. The Morgan fingerprint density at radius 1 is 0.969 bits per heavy atom. The monoisotopic (exact) mass is 441 g/mol. The van der Waals surface area contributed by atoms with Gasteiger partial charge < -0.3 is 15.2 Å². The normalized spacial score (nSPS) is 11.6. The van der Waals surface area contributed by atoms with Crippen LogP contribution in [0.3, 0.4) is 0 Å². The van der Waals surface area contributed by atoms with Crippen molar-refractivity contribution in [3.05, 3.63) is 83.2 Å². The second-order valence-corrected chi connectivity index (χ2v) is 7.26. The van der Waals surface area contributed by atoms with Crippen LogP contribution >= 0.6 is 0 Å². The summed E-state index contributed by atoms with van der Waals surface area (Å²) in [5, 5.41) is 4.58. The fraction of sp³-hybridized carbons (Fsp3) is 0.167. The number of hydrogen-bond donors (Lipinski definition) is 2. The first kappa shape index (κ1) is 22.9. The average Bonchev–Trinajstić information content (AvgIpc) is 3.00. The molecule has 3 rings (SSSR count). The van der Waals surface area contributed by atoms with Gasteiger partial charge >= 0.3 is 6.18 Å². The number of nitrogens with one attached hydrogen (secondary N) is 2. The summed E-state index contributed by atoms with van der Waals surface area (Å²) < 4.78 is 42.4. The van der Waals surface area contributed by atoms with Crippen LogP contribution in [0.5, 0.6) is 0 Å². The second-order valence-electron chi connectivity index (χ2n) is 7.26. The number of alkyl halides is 3. The summed E-state index contributed by atoms with van der Waals surface area (Å²) in [6.45, 7) is 5.03. The molecule has 0 unspecified atom stereocenters. The highest BCUT2D eigenvalue weighted by Crippen LogP contribution is 2.36. The highest BCUT2D eigenvalue weighted by atomic mass is 19.4. The van der Waals surface area contributed by atoms with Gasteiger partial charge in [0.1, 0.15) is 0 Å². The van der Waals surface area contributed by atoms with Crippen LogP contribution in [0.4, 0.5) is 24.5 Å². The number of benzene rings is 2. The van der Waals surface area contributed by atoms with Crippen molar-refractivity contribution in [3.63, 3.8) is 0 Å². The van der Waals surface area contributed by atoms with E-state index in [9.17, 15) is 22.8 Å². The SMILES string of the molecule is CC(=O)Nc1ccc(NC(=O)/C=C/c2cc(C)n(-c3ccccc3)c2C)c(C(F)(F)F)c1. The molecule has 32 heavy (non-hydrogen) atoms. The quantitative estimate of drug-likeness (QED) is 0.497. The van der Waals surface area contributed by atoms with Gasteiger partial charge in [0.05, 0.1) is 11.3 Å². The zero-order valence-electron chi connectivity index (χ0n) is 17.7. The zero-order valence-corrected chi connectivity index (χ0v) is 17.7. The van der Waals surface area contributed by atoms with E-state index >= 15 is 0 Å². The highest BCUT2D eigenvalue weighted by Gasteiger charge is 2.34. The van der Waals surface area contributed by atoms with Crippen LogP contribution in [0.25, 0.3) is 11.8 Å². The number of nitrogens with zero attached hydrogens (tertiary/aromatic N) is 1. The van der Waals surface area contributed by atoms with Crippen molar-refractivity contribution >= 4 is 29.3 Å². The molecule has 0 radical (unpaired) electrons. The van der Waals surface area contributed by atoms with E-state index in [0.29, 0.717) is 0 Å². The molecule has 2 amide bonds. The Morgan fingerprint density at radius 3 is 2.28 bits per heavy atom. The van der Waals surface area contributed by atoms with Gasteiger partial charge in [-0.15, -0.1) is 0 Å². The van der Waals surface area contributed by atoms with E-state index in [0.717, 1.165) is 34.8 Å². The molecule has 2 aromatic carbocycles. The van der Waals surface area contributed by atoms with Gasteiger partial charge in [0.25, 0.3) is 0 Å². The summed E-state index contributed by atoms with van der Waals surface area (Å²) >= 11 is 0. The van der Waals surface area contributed by atoms with Crippen LogP contribution in [0, 0.1) is 13.8 Å². The fourth-order valence-corrected chi connectivity index (χ4v) is 3.44. The molecular weight excluding hydrogens is 419 g/mol. The molecule has 5 nitrogen and oxygen atoms in total. The van der Waals surface area contributed by atoms with Crippen molar-refractivity contribution in [3.8, 4) is 5.69 Å². The minimum Gasteiger partial charge on any atom is -0.326 e. The predicted molar refractivity (Wildman–Crippen MR) is 119 cm³/mol. The lowest BCUT2D eigenvalue weighted by molar-refractivity contribution is -0.137. The Kier molecular flexibility index (Phi) is 6.53. The van der Waals surface area contributed by atoms with Gasteiger partial charge in [-0.1, -0.05) is 18.2 Å². The molecule has 166 valence electrons. The number of hydrogen-bond acceptors (Lipinski definition) is 2. The van der Waals surface area contributed by atoms with Crippen molar-refractivity contribution in [2.75, 3.05) is 10.6 Å². The molecule has 2 N–H and O–H groups in total. The third kappa shape index (κ3) is 5.26. The second kappa shape index (κ2) is 9.13. The Labute approximate surface area is 183 Å². The van der Waals surface area contributed by atoms with Crippen LogP contribution in [0.2, 0.25) is 0 Å². The number of carbonyl (C=O) groups is 2. The van der Waals surface area contributed by atoms with Crippen LogP contribution < -0.4 is 10.6 Å². The van der Waals surface area contributed by atoms with Gasteiger partial charge in [0.15, 0.2) is 0 Å². The first-order chi connectivity index (χ1) is 15.1. The van der Waals surface area contributed by atoms with Crippen molar-refractivity contribution in [2.24, 2.45) is 0 Å². The Balaban J connectivity index is 1.83. The van der Waals surface area contributed by atoms with Crippen LogP contribution in [-0.2, 0) is 15.8 Å². The summed E-state index contributed by atoms with van der Waals surface area (Å²) in [5.74, 6) is -1.20. The molecule has 1 heterocycles. The Morgan fingerprint density at radius 2 is 1.66 bits per heavy atom. The van der Waals surface area contributed by atoms with Gasteiger partial charge in [0, 0.05) is 35.8 Å². The van der Waals surface area contributed by atoms with Gasteiger partial charge in [-0.05, 0) is 61.9 Å². The topological polar surface area (TPSA) is 63.1 Å². The molecule has 0 aliphatic heterocycles. The van der Waals surface area contributed by atoms with E-state index in [2.05, 4.69) is 10.6 Å². The Hall–Kier alpha value is -3.81. The molecule has 1 aromatic heterocycles. The van der Waals surface area contributed by atoms with Crippen molar-refractivity contribution in [2.45, 2.75) is 26.9 Å². The lowest BCUT2D eigenvalue weighted by Gasteiger charge is -2.15. The van der Waals surface area contributed by atoms with Gasteiger partial charge in [-0.3, -0.25) is 9.59 Å². The van der Waals surface area contributed by atoms with E-state index < -0.39 is 29.2 Å². The number of anilines is 2. The average molecular weight is 441 g/mol. The number of aromatic nitrogens is 1. The van der Waals surface area contributed by atoms with Gasteiger partial charge in [-0.2, -0.15) is 13.2 Å². The van der Waals surface area contributed by atoms with E-state index in [-0.39, 0.29) is 5.69 Å². The summed E-state index contributed by atoms with van der Waals surface area (Å²) in [4.78, 5) is 23.5. The van der Waals surface area contributed by atoms with Gasteiger partial charge in [-0.25, -0.2) is 0 Å². The van der Waals surface area contributed by atoms with E-state index in [1.54, 1.807) is 6.08 Å². The molecule has 8 heteroatoms. The standard InChI is InChI=1S/C24H22F3N3O2/c1-15-13-18(16(2)30(15)20-7-5-4-6-8-20)9-12-23(32)29-22-11-10-19(28-17(3)31)14-21(22)24(25,26)27/h4-14H,1-3H3,(H,28,31)(H,29,32)/b12-9+. The summed E-state index contributed by atoms with van der Waals surface area (Å²) in [5.41, 5.74) is 2.16. The van der Waals surface area contributed by atoms with E-state index in [4.69, 9.17) is 0 Å². The maximum absolute atomic E-state index is 13.4. The smallest absolute Gasteiger partial charge is 0.326 e. The molecular formula is C24H22F3N3O2. The first-order valence-corrected chi connectivity index (χ1v) is 9.78. The largest absolute Gasteiger partial charge is 0.418 e. The number of halogens is 3. The molecule has 3 aromatic rings. The van der Waals surface area contributed by atoms with E-state index in [1.807, 2.05) is 54.8 Å². The molecule has 0 atom stereocenters. The van der Waals surface area contributed by atoms with Crippen molar-refractivity contribution < 1.29 is 22.8 Å². The summed E-state index contributed by atoms with van der Waals surface area (Å²) in [7, 11) is 0. The Bertz CT molecular complexity index is 1180. The number of carbonyl (C=O) groups excluding carboxylic acids is 2. The zero-order chi connectivity index (χ0) is 23.5. The first-order valence-electron chi connectivity index (χ1n) is 9.78. The molecule has 0 aliphatic rings. The van der Waals surface area contributed by atoms with Crippen LogP contribution in [0.1, 0.15) is 29.4 Å². The van der Waals surface area contributed by atoms with Gasteiger partial charge in [0.2, 0.25) is 11.8 Å². The number of aryl methyl sites for hydroxylation is 1. The van der Waals surface area contributed by atoms with E-state index in [1.165, 1.54) is 19.1 Å². The number of amides is 2. The fourth-order valence-electron chi connectivity index (χ4n) is 3.44. The maximum Gasteiger partial charge on any atom is 0.418 e. The minimum atomic E-state index is -4.71. The molecule has 0 fully saturated rings. The minimum absolute atomic E-state index is 0.00767. The summed E-state index contributed by atoms with van der Waals surface area (Å²) in [6.07, 6.45) is -1.95. The lowest BCUT2D eigenvalue weighted by atomic mass is 10.1.